The van der Waals surface area contributed by atoms with Gasteiger partial charge in [0.1, 0.15) is 11.9 Å². The van der Waals surface area contributed by atoms with Gasteiger partial charge in [-0.05, 0) is 20.8 Å². The van der Waals surface area contributed by atoms with Crippen molar-refractivity contribution in [2.45, 2.75) is 26.4 Å². The van der Waals surface area contributed by atoms with E-state index in [1.54, 1.807) is 20.8 Å². The fourth-order valence-electron chi connectivity index (χ4n) is 1.07. The van der Waals surface area contributed by atoms with Crippen LogP contribution in [0.25, 0.3) is 0 Å². The first-order valence-electron chi connectivity index (χ1n) is 5.74. The maximum Gasteiger partial charge on any atom is 0.407 e. The van der Waals surface area contributed by atoms with Gasteiger partial charge < -0.3 is 15.4 Å². The van der Waals surface area contributed by atoms with Crippen LogP contribution in [-0.2, 0) is 4.74 Å². The van der Waals surface area contributed by atoms with Crippen LogP contribution in [0.15, 0.2) is 6.33 Å². The van der Waals surface area contributed by atoms with E-state index in [-0.39, 0.29) is 19.0 Å². The van der Waals surface area contributed by atoms with Crippen LogP contribution in [0.5, 0.6) is 0 Å². The molecule has 0 unspecified atom stereocenters. The van der Waals surface area contributed by atoms with Gasteiger partial charge in [-0.1, -0.05) is 0 Å². The number of urea groups is 1. The number of hydrogen-bond acceptors (Lipinski definition) is 5. The molecule has 9 nitrogen and oxygen atoms in total. The van der Waals surface area contributed by atoms with E-state index in [2.05, 4.69) is 31.1 Å². The number of amides is 3. The molecule has 0 aromatic carbocycles. The summed E-state index contributed by atoms with van der Waals surface area (Å²) < 4.78 is 5.03. The molecule has 0 radical (unpaired) electrons. The lowest BCUT2D eigenvalue weighted by Gasteiger charge is -2.19. The number of carbonyl (C=O) groups is 2. The van der Waals surface area contributed by atoms with Crippen molar-refractivity contribution in [1.29, 1.82) is 0 Å². The number of aromatic amines is 1. The molecule has 106 valence electrons. The van der Waals surface area contributed by atoms with Crippen molar-refractivity contribution >= 4 is 18.1 Å². The summed E-state index contributed by atoms with van der Waals surface area (Å²) in [5, 5.41) is 13.5. The molecule has 0 atom stereocenters. The van der Waals surface area contributed by atoms with Gasteiger partial charge >= 0.3 is 12.1 Å². The van der Waals surface area contributed by atoms with Crippen molar-refractivity contribution in [2.24, 2.45) is 0 Å². The third kappa shape index (κ3) is 6.86. The molecular weight excluding hydrogens is 252 g/mol. The second-order valence-electron chi connectivity index (χ2n) is 4.64. The van der Waals surface area contributed by atoms with E-state index in [9.17, 15) is 9.59 Å². The predicted octanol–water partition coefficient (Wildman–Crippen LogP) is 0.451. The lowest BCUT2D eigenvalue weighted by atomic mass is 10.2. The number of aromatic nitrogens is 3. The van der Waals surface area contributed by atoms with E-state index in [0.29, 0.717) is 0 Å². The Balaban J connectivity index is 2.10. The average Bonchev–Trinajstić information content (AvgIpc) is 2.74. The fraction of sp³-hybridized carbons (Fsp3) is 0.600. The molecule has 0 spiro atoms. The van der Waals surface area contributed by atoms with Gasteiger partial charge in [0.25, 0.3) is 0 Å². The van der Waals surface area contributed by atoms with E-state index in [1.807, 2.05) is 0 Å². The van der Waals surface area contributed by atoms with Gasteiger partial charge in [-0.3, -0.25) is 5.32 Å². The highest BCUT2D eigenvalue weighted by molar-refractivity contribution is 5.87. The van der Waals surface area contributed by atoms with Crippen LogP contribution in [0, 0.1) is 0 Å². The maximum absolute atomic E-state index is 11.3. The molecule has 1 heterocycles. The Kier molecular flexibility index (Phi) is 5.10. The molecule has 0 aliphatic carbocycles. The monoisotopic (exact) mass is 270 g/mol. The molecule has 1 aromatic rings. The van der Waals surface area contributed by atoms with Gasteiger partial charge in [0, 0.05) is 13.1 Å². The highest BCUT2D eigenvalue weighted by atomic mass is 16.6. The normalized spacial score (nSPS) is 10.7. The highest BCUT2D eigenvalue weighted by Crippen LogP contribution is 2.05. The molecule has 0 aliphatic rings. The quantitative estimate of drug-likeness (QED) is 0.592. The van der Waals surface area contributed by atoms with Gasteiger partial charge in [0.2, 0.25) is 5.95 Å². The number of nitrogens with one attached hydrogen (secondary N) is 4. The molecule has 0 bridgehead atoms. The Hall–Kier alpha value is -2.32. The summed E-state index contributed by atoms with van der Waals surface area (Å²) >= 11 is 0. The molecule has 19 heavy (non-hydrogen) atoms. The number of carbonyl (C=O) groups excluding carboxylic acids is 2. The third-order valence-corrected chi connectivity index (χ3v) is 1.73. The molecule has 3 amide bonds. The first kappa shape index (κ1) is 14.7. The van der Waals surface area contributed by atoms with Crippen LogP contribution in [0.4, 0.5) is 15.5 Å². The maximum atomic E-state index is 11.3. The smallest absolute Gasteiger partial charge is 0.407 e. The molecule has 4 N–H and O–H groups in total. The van der Waals surface area contributed by atoms with Crippen LogP contribution in [0.2, 0.25) is 0 Å². The zero-order chi connectivity index (χ0) is 14.3. The fourth-order valence-corrected chi connectivity index (χ4v) is 1.07. The molecular formula is C10H18N6O3. The van der Waals surface area contributed by atoms with E-state index in [0.717, 1.165) is 0 Å². The Labute approximate surface area is 110 Å². The first-order valence-corrected chi connectivity index (χ1v) is 5.74. The molecule has 0 aliphatic heterocycles. The van der Waals surface area contributed by atoms with Crippen LogP contribution in [0.1, 0.15) is 20.8 Å². The van der Waals surface area contributed by atoms with Crippen molar-refractivity contribution in [1.82, 2.24) is 25.8 Å². The second-order valence-corrected chi connectivity index (χ2v) is 4.64. The molecule has 0 saturated heterocycles. The summed E-state index contributed by atoms with van der Waals surface area (Å²) in [5.74, 6) is 0.248. The number of hydrogen-bond donors (Lipinski definition) is 4. The minimum absolute atomic E-state index is 0.248. The van der Waals surface area contributed by atoms with Crippen molar-refractivity contribution < 1.29 is 14.3 Å². The topological polar surface area (TPSA) is 121 Å². The van der Waals surface area contributed by atoms with Crippen LogP contribution < -0.4 is 16.0 Å². The highest BCUT2D eigenvalue weighted by Gasteiger charge is 2.15. The molecule has 1 rings (SSSR count). The Morgan fingerprint density at radius 3 is 2.58 bits per heavy atom. The van der Waals surface area contributed by atoms with Crippen molar-refractivity contribution in [3.05, 3.63) is 6.33 Å². The van der Waals surface area contributed by atoms with Gasteiger partial charge in [0.15, 0.2) is 0 Å². The van der Waals surface area contributed by atoms with Crippen LogP contribution in [0.3, 0.4) is 0 Å². The minimum atomic E-state index is -0.541. The second kappa shape index (κ2) is 6.57. The lowest BCUT2D eigenvalue weighted by molar-refractivity contribution is 0.0528. The summed E-state index contributed by atoms with van der Waals surface area (Å²) in [6.45, 7) is 5.85. The predicted molar refractivity (Wildman–Crippen MR) is 67.6 cm³/mol. The van der Waals surface area contributed by atoms with Crippen molar-refractivity contribution in [3.8, 4) is 0 Å². The first-order chi connectivity index (χ1) is 8.87. The number of ether oxygens (including phenoxy) is 1. The van der Waals surface area contributed by atoms with Crippen LogP contribution in [-0.4, -0.2) is 46.0 Å². The number of H-pyrrole nitrogens is 1. The summed E-state index contributed by atoms with van der Waals surface area (Å²) in [6, 6.07) is -0.442. The van der Waals surface area contributed by atoms with Gasteiger partial charge in [0.05, 0.1) is 0 Å². The van der Waals surface area contributed by atoms with Crippen molar-refractivity contribution in [2.75, 3.05) is 18.4 Å². The zero-order valence-corrected chi connectivity index (χ0v) is 11.1. The molecule has 1 aromatic heterocycles. The average molecular weight is 270 g/mol. The summed E-state index contributed by atoms with van der Waals surface area (Å²) in [5.41, 5.74) is -0.541. The zero-order valence-electron chi connectivity index (χ0n) is 11.1. The lowest BCUT2D eigenvalue weighted by Crippen LogP contribution is -2.39. The van der Waals surface area contributed by atoms with Crippen molar-refractivity contribution in [3.63, 3.8) is 0 Å². The number of alkyl carbamates (subject to hydrolysis) is 1. The summed E-state index contributed by atoms with van der Waals surface area (Å²) in [6.07, 6.45) is 0.754. The molecule has 0 fully saturated rings. The van der Waals surface area contributed by atoms with Crippen LogP contribution >= 0.6 is 0 Å². The standard InChI is InChI=1S/C10H18N6O3/c1-10(2,3)19-9(18)12-5-4-11-8(17)15-7-13-6-14-16-7/h6H,4-5H2,1-3H3,(H,12,18)(H3,11,13,14,15,16,17). The van der Waals surface area contributed by atoms with E-state index in [4.69, 9.17) is 4.74 Å². The molecule has 0 saturated carbocycles. The Bertz CT molecular complexity index is 411. The molecule has 9 heteroatoms. The van der Waals surface area contributed by atoms with Gasteiger partial charge in [-0.2, -0.15) is 10.1 Å². The summed E-state index contributed by atoms with van der Waals surface area (Å²) in [7, 11) is 0. The third-order valence-electron chi connectivity index (χ3n) is 1.73. The Morgan fingerprint density at radius 1 is 1.32 bits per heavy atom. The van der Waals surface area contributed by atoms with Gasteiger partial charge in [-0.25, -0.2) is 14.7 Å². The largest absolute Gasteiger partial charge is 0.444 e. The Morgan fingerprint density at radius 2 is 2.00 bits per heavy atom. The number of anilines is 1. The van der Waals surface area contributed by atoms with E-state index >= 15 is 0 Å². The number of rotatable bonds is 4. The van der Waals surface area contributed by atoms with E-state index < -0.39 is 17.7 Å². The van der Waals surface area contributed by atoms with Gasteiger partial charge in [-0.15, -0.1) is 0 Å². The minimum Gasteiger partial charge on any atom is -0.444 e. The SMILES string of the molecule is CC(C)(C)OC(=O)NCCNC(=O)Nc1ncn[nH]1. The van der Waals surface area contributed by atoms with E-state index in [1.165, 1.54) is 6.33 Å². The number of nitrogens with zero attached hydrogens (tertiary/aromatic N) is 2. The summed E-state index contributed by atoms with van der Waals surface area (Å²) in [4.78, 5) is 26.3.